The summed E-state index contributed by atoms with van der Waals surface area (Å²) in [5.74, 6) is -0.357. The number of para-hydroxylation sites is 1. The van der Waals surface area contributed by atoms with Gasteiger partial charge in [-0.1, -0.05) is 29.8 Å². The first-order chi connectivity index (χ1) is 12.0. The van der Waals surface area contributed by atoms with E-state index in [1.807, 2.05) is 24.3 Å². The van der Waals surface area contributed by atoms with Crippen molar-refractivity contribution < 1.29 is 19.1 Å². The van der Waals surface area contributed by atoms with Crippen molar-refractivity contribution in [1.29, 1.82) is 0 Å². The van der Waals surface area contributed by atoms with E-state index >= 15 is 0 Å². The van der Waals surface area contributed by atoms with Gasteiger partial charge in [-0.05, 0) is 30.2 Å². The Bertz CT molecular complexity index is 838. The molecule has 0 fully saturated rings. The summed E-state index contributed by atoms with van der Waals surface area (Å²) in [5, 5.41) is 0.177. The number of anilines is 1. The highest BCUT2D eigenvalue weighted by atomic mass is 35.5. The van der Waals surface area contributed by atoms with Gasteiger partial charge in [0.05, 0.1) is 12.1 Å². The van der Waals surface area contributed by atoms with Gasteiger partial charge in [0.2, 0.25) is 0 Å². The highest BCUT2D eigenvalue weighted by molar-refractivity contribution is 6.33. The Kier molecular flexibility index (Phi) is 4.81. The number of nitrogens with two attached hydrogens (primary N) is 1. The van der Waals surface area contributed by atoms with E-state index in [1.54, 1.807) is 11.0 Å². The van der Waals surface area contributed by atoms with Crippen molar-refractivity contribution in [2.24, 2.45) is 5.73 Å². The van der Waals surface area contributed by atoms with Crippen LogP contribution in [0.5, 0.6) is 11.5 Å². The van der Waals surface area contributed by atoms with Crippen molar-refractivity contribution in [2.45, 2.75) is 6.42 Å². The van der Waals surface area contributed by atoms with Crippen molar-refractivity contribution in [3.63, 3.8) is 0 Å². The SMILES string of the molecule is COc1cc(C(=O)N2CCc3ccccc32)cc(Cl)c1OCC(N)=O. The number of methoxy groups -OCH3 is 1. The molecule has 0 aliphatic carbocycles. The molecule has 0 unspecified atom stereocenters. The standard InChI is InChI=1S/C18H17ClN2O4/c1-24-15-9-12(8-13(19)17(15)25-10-16(20)22)18(23)21-7-6-11-4-2-3-5-14(11)21/h2-5,8-9H,6-7,10H2,1H3,(H2,20,22). The van der Waals surface area contributed by atoms with Crippen LogP contribution in [0.15, 0.2) is 36.4 Å². The molecule has 1 heterocycles. The summed E-state index contributed by atoms with van der Waals surface area (Å²) < 4.78 is 10.5. The number of halogens is 1. The number of rotatable bonds is 5. The van der Waals surface area contributed by atoms with Crippen LogP contribution in [0.4, 0.5) is 5.69 Å². The predicted molar refractivity (Wildman–Crippen MR) is 94.5 cm³/mol. The molecular formula is C18H17ClN2O4. The average Bonchev–Trinajstić information content (AvgIpc) is 3.03. The zero-order chi connectivity index (χ0) is 18.0. The van der Waals surface area contributed by atoms with Crippen LogP contribution >= 0.6 is 11.6 Å². The number of amides is 2. The first-order valence-corrected chi connectivity index (χ1v) is 8.07. The number of fused-ring (bicyclic) bond motifs is 1. The van der Waals surface area contributed by atoms with E-state index in [0.717, 1.165) is 17.7 Å². The maximum absolute atomic E-state index is 12.9. The van der Waals surface area contributed by atoms with E-state index in [2.05, 4.69) is 0 Å². The molecule has 130 valence electrons. The first-order valence-electron chi connectivity index (χ1n) is 7.69. The predicted octanol–water partition coefficient (Wildman–Crippen LogP) is 2.42. The van der Waals surface area contributed by atoms with Crippen molar-refractivity contribution in [1.82, 2.24) is 0 Å². The zero-order valence-electron chi connectivity index (χ0n) is 13.6. The highest BCUT2D eigenvalue weighted by Gasteiger charge is 2.26. The number of carbonyl (C=O) groups excluding carboxylic acids is 2. The maximum atomic E-state index is 12.9. The van der Waals surface area contributed by atoms with Crippen LogP contribution in [-0.4, -0.2) is 32.1 Å². The fourth-order valence-corrected chi connectivity index (χ4v) is 3.10. The lowest BCUT2D eigenvalue weighted by Gasteiger charge is -2.19. The Morgan fingerprint density at radius 2 is 2.04 bits per heavy atom. The molecule has 1 aliphatic rings. The second kappa shape index (κ2) is 7.03. The molecule has 7 heteroatoms. The second-order valence-electron chi connectivity index (χ2n) is 5.58. The van der Waals surface area contributed by atoms with Gasteiger partial charge in [0, 0.05) is 17.8 Å². The molecule has 0 aromatic heterocycles. The molecule has 0 saturated carbocycles. The van der Waals surface area contributed by atoms with E-state index in [4.69, 9.17) is 26.8 Å². The zero-order valence-corrected chi connectivity index (χ0v) is 14.4. The molecule has 0 saturated heterocycles. The minimum Gasteiger partial charge on any atom is -0.493 e. The Balaban J connectivity index is 1.91. The first kappa shape index (κ1) is 17.1. The van der Waals surface area contributed by atoms with E-state index in [9.17, 15) is 9.59 Å². The van der Waals surface area contributed by atoms with Gasteiger partial charge in [-0.2, -0.15) is 0 Å². The summed E-state index contributed by atoms with van der Waals surface area (Å²) in [5.41, 5.74) is 7.49. The van der Waals surface area contributed by atoms with Crippen LogP contribution < -0.4 is 20.1 Å². The van der Waals surface area contributed by atoms with E-state index in [-0.39, 0.29) is 29.0 Å². The van der Waals surface area contributed by atoms with Gasteiger partial charge in [0.25, 0.3) is 11.8 Å². The molecule has 2 N–H and O–H groups in total. The van der Waals surface area contributed by atoms with Gasteiger partial charge in [0.15, 0.2) is 18.1 Å². The lowest BCUT2D eigenvalue weighted by Crippen LogP contribution is -2.29. The molecule has 0 atom stereocenters. The lowest BCUT2D eigenvalue weighted by atomic mass is 10.1. The maximum Gasteiger partial charge on any atom is 0.258 e. The van der Waals surface area contributed by atoms with Gasteiger partial charge >= 0.3 is 0 Å². The van der Waals surface area contributed by atoms with Gasteiger partial charge in [0.1, 0.15) is 0 Å². The number of nitrogens with zero attached hydrogens (tertiary/aromatic N) is 1. The third-order valence-electron chi connectivity index (χ3n) is 3.97. The van der Waals surface area contributed by atoms with Crippen LogP contribution in [-0.2, 0) is 11.2 Å². The summed E-state index contributed by atoms with van der Waals surface area (Å²) in [6.07, 6.45) is 0.812. The average molecular weight is 361 g/mol. The molecule has 2 amide bonds. The summed E-state index contributed by atoms with van der Waals surface area (Å²) in [6, 6.07) is 10.8. The van der Waals surface area contributed by atoms with Gasteiger partial charge in [-0.25, -0.2) is 0 Å². The Morgan fingerprint density at radius 1 is 1.28 bits per heavy atom. The minimum atomic E-state index is -0.632. The third-order valence-corrected chi connectivity index (χ3v) is 4.25. The number of carbonyl (C=O) groups is 2. The number of primary amides is 1. The van der Waals surface area contributed by atoms with E-state index < -0.39 is 5.91 Å². The summed E-state index contributed by atoms with van der Waals surface area (Å²) >= 11 is 6.22. The van der Waals surface area contributed by atoms with Crippen LogP contribution in [0.25, 0.3) is 0 Å². The quantitative estimate of drug-likeness (QED) is 0.887. The van der Waals surface area contributed by atoms with Crippen molar-refractivity contribution in [3.8, 4) is 11.5 Å². The monoisotopic (exact) mass is 360 g/mol. The molecule has 25 heavy (non-hydrogen) atoms. The van der Waals surface area contributed by atoms with Crippen LogP contribution in [0.3, 0.4) is 0 Å². The number of benzene rings is 2. The molecule has 1 aliphatic heterocycles. The number of hydrogen-bond acceptors (Lipinski definition) is 4. The molecule has 0 radical (unpaired) electrons. The van der Waals surface area contributed by atoms with Crippen molar-refractivity contribution in [2.75, 3.05) is 25.2 Å². The Morgan fingerprint density at radius 3 is 2.76 bits per heavy atom. The van der Waals surface area contributed by atoms with Crippen LogP contribution in [0.2, 0.25) is 5.02 Å². The fraction of sp³-hybridized carbons (Fsp3) is 0.222. The third kappa shape index (κ3) is 3.39. The normalized spacial score (nSPS) is 12.6. The van der Waals surface area contributed by atoms with Crippen molar-refractivity contribution >= 4 is 29.1 Å². The van der Waals surface area contributed by atoms with Crippen molar-refractivity contribution in [3.05, 3.63) is 52.5 Å². The largest absolute Gasteiger partial charge is 0.493 e. The van der Waals surface area contributed by atoms with Gasteiger partial charge in [-0.15, -0.1) is 0 Å². The molecular weight excluding hydrogens is 344 g/mol. The number of ether oxygens (including phenoxy) is 2. The minimum absolute atomic E-state index is 0.174. The van der Waals surface area contributed by atoms with Crippen LogP contribution in [0.1, 0.15) is 15.9 Å². The topological polar surface area (TPSA) is 81.9 Å². The highest BCUT2D eigenvalue weighted by Crippen LogP contribution is 2.37. The van der Waals surface area contributed by atoms with E-state index in [1.165, 1.54) is 13.2 Å². The summed E-state index contributed by atoms with van der Waals surface area (Å²) in [4.78, 5) is 25.5. The number of hydrogen-bond donors (Lipinski definition) is 1. The molecule has 3 rings (SSSR count). The summed E-state index contributed by atoms with van der Waals surface area (Å²) in [7, 11) is 1.43. The lowest BCUT2D eigenvalue weighted by molar-refractivity contribution is -0.119. The van der Waals surface area contributed by atoms with E-state index in [0.29, 0.717) is 12.1 Å². The van der Waals surface area contributed by atoms with Gasteiger partial charge in [-0.3, -0.25) is 9.59 Å². The molecule has 2 aromatic carbocycles. The van der Waals surface area contributed by atoms with Crippen LogP contribution in [0, 0.1) is 0 Å². The summed E-state index contributed by atoms with van der Waals surface area (Å²) in [6.45, 7) is 0.279. The molecule has 0 bridgehead atoms. The second-order valence-corrected chi connectivity index (χ2v) is 5.99. The Labute approximate surface area is 150 Å². The molecule has 0 spiro atoms. The molecule has 2 aromatic rings. The Hall–Kier alpha value is -2.73. The fourth-order valence-electron chi connectivity index (χ4n) is 2.83. The smallest absolute Gasteiger partial charge is 0.258 e. The molecule has 6 nitrogen and oxygen atoms in total. The van der Waals surface area contributed by atoms with Gasteiger partial charge < -0.3 is 20.1 Å².